The van der Waals surface area contributed by atoms with Gasteiger partial charge in [-0.05, 0) is 18.2 Å². The molecule has 0 unspecified atom stereocenters. The van der Waals surface area contributed by atoms with Crippen molar-refractivity contribution in [3.8, 4) is 11.3 Å². The van der Waals surface area contributed by atoms with Gasteiger partial charge in [0, 0.05) is 5.56 Å². The van der Waals surface area contributed by atoms with Crippen molar-refractivity contribution < 1.29 is 13.6 Å². The average Bonchev–Trinajstić information content (AvgIpc) is 2.60. The van der Waals surface area contributed by atoms with Gasteiger partial charge in [0.15, 0.2) is 11.5 Å². The van der Waals surface area contributed by atoms with Crippen LogP contribution in [0.3, 0.4) is 0 Å². The summed E-state index contributed by atoms with van der Waals surface area (Å²) >= 11 is 5.75. The van der Waals surface area contributed by atoms with E-state index in [4.69, 9.17) is 17.3 Å². The number of aromatic amines is 1. The third-order valence-electron chi connectivity index (χ3n) is 2.14. The standard InChI is InChI=1S/C10H6ClF2N3O/c11-6-3-4(12)1-2-5(6)8-7(13)9(10(14)17)16-15-8/h1-3H,(H2,14,17)(H,15,16). The molecule has 0 fully saturated rings. The van der Waals surface area contributed by atoms with Crippen LogP contribution in [0.5, 0.6) is 0 Å². The molecule has 3 N–H and O–H groups in total. The van der Waals surface area contributed by atoms with E-state index in [2.05, 4.69) is 10.2 Å². The van der Waals surface area contributed by atoms with Crippen LogP contribution in [0.2, 0.25) is 5.02 Å². The third-order valence-corrected chi connectivity index (χ3v) is 2.45. The molecule has 0 bridgehead atoms. The molecule has 1 amide bonds. The summed E-state index contributed by atoms with van der Waals surface area (Å²) in [5.41, 5.74) is 4.48. The molecule has 1 aromatic carbocycles. The molecule has 17 heavy (non-hydrogen) atoms. The lowest BCUT2D eigenvalue weighted by Crippen LogP contribution is -2.13. The largest absolute Gasteiger partial charge is 0.364 e. The number of aromatic nitrogens is 2. The van der Waals surface area contributed by atoms with Gasteiger partial charge in [0.1, 0.15) is 11.5 Å². The van der Waals surface area contributed by atoms with Crippen molar-refractivity contribution in [1.29, 1.82) is 0 Å². The van der Waals surface area contributed by atoms with Gasteiger partial charge in [-0.25, -0.2) is 8.78 Å². The number of nitrogens with zero attached hydrogens (tertiary/aromatic N) is 1. The van der Waals surface area contributed by atoms with Gasteiger partial charge in [-0.2, -0.15) is 5.10 Å². The van der Waals surface area contributed by atoms with Gasteiger partial charge < -0.3 is 5.73 Å². The summed E-state index contributed by atoms with van der Waals surface area (Å²) < 4.78 is 26.5. The fraction of sp³-hybridized carbons (Fsp3) is 0. The lowest BCUT2D eigenvalue weighted by atomic mass is 10.1. The zero-order chi connectivity index (χ0) is 12.6. The summed E-state index contributed by atoms with van der Waals surface area (Å²) in [6.45, 7) is 0. The van der Waals surface area contributed by atoms with Crippen LogP contribution in [0, 0.1) is 11.6 Å². The minimum absolute atomic E-state index is 0.00794. The third kappa shape index (κ3) is 1.99. The SMILES string of the molecule is NC(=O)c1[nH]nc(-c2ccc(F)cc2Cl)c1F. The maximum Gasteiger partial charge on any atom is 0.269 e. The van der Waals surface area contributed by atoms with E-state index in [0.717, 1.165) is 12.1 Å². The van der Waals surface area contributed by atoms with Crippen LogP contribution in [0.1, 0.15) is 10.5 Å². The average molecular weight is 258 g/mol. The van der Waals surface area contributed by atoms with E-state index in [9.17, 15) is 13.6 Å². The monoisotopic (exact) mass is 257 g/mol. The van der Waals surface area contributed by atoms with Crippen LogP contribution in [-0.2, 0) is 0 Å². The molecule has 7 heteroatoms. The predicted octanol–water partition coefficient (Wildman–Crippen LogP) is 2.11. The molecule has 1 heterocycles. The van der Waals surface area contributed by atoms with Gasteiger partial charge in [0.25, 0.3) is 5.91 Å². The Morgan fingerprint density at radius 2 is 2.12 bits per heavy atom. The van der Waals surface area contributed by atoms with Crippen LogP contribution >= 0.6 is 11.6 Å². The second-order valence-corrected chi connectivity index (χ2v) is 3.66. The van der Waals surface area contributed by atoms with Crippen LogP contribution in [-0.4, -0.2) is 16.1 Å². The maximum absolute atomic E-state index is 13.7. The van der Waals surface area contributed by atoms with Gasteiger partial charge in [-0.1, -0.05) is 11.6 Å². The Bertz CT molecular complexity index is 597. The van der Waals surface area contributed by atoms with Gasteiger partial charge in [-0.3, -0.25) is 9.89 Å². The first-order chi connectivity index (χ1) is 8.00. The molecule has 2 aromatic rings. The molecule has 4 nitrogen and oxygen atoms in total. The summed E-state index contributed by atoms with van der Waals surface area (Å²) in [7, 11) is 0. The highest BCUT2D eigenvalue weighted by atomic mass is 35.5. The van der Waals surface area contributed by atoms with Crippen LogP contribution < -0.4 is 5.73 Å². The first kappa shape index (κ1) is 11.5. The zero-order valence-electron chi connectivity index (χ0n) is 8.30. The smallest absolute Gasteiger partial charge is 0.269 e. The number of carbonyl (C=O) groups excluding carboxylic acids is 1. The number of hydrogen-bond acceptors (Lipinski definition) is 2. The van der Waals surface area contributed by atoms with Crippen molar-refractivity contribution in [3.05, 3.63) is 40.6 Å². The molecule has 1 aromatic heterocycles. The Morgan fingerprint density at radius 3 is 2.65 bits per heavy atom. The molecule has 0 saturated carbocycles. The van der Waals surface area contributed by atoms with Crippen molar-refractivity contribution in [2.24, 2.45) is 5.73 Å². The number of H-pyrrole nitrogens is 1. The quantitative estimate of drug-likeness (QED) is 0.865. The number of nitrogens with two attached hydrogens (primary N) is 1. The van der Waals surface area contributed by atoms with Crippen molar-refractivity contribution in [2.45, 2.75) is 0 Å². The molecule has 0 spiro atoms. The fourth-order valence-corrected chi connectivity index (χ4v) is 1.61. The molecule has 0 atom stereocenters. The Balaban J connectivity index is 2.57. The Kier molecular flexibility index (Phi) is 2.81. The first-order valence-electron chi connectivity index (χ1n) is 4.49. The number of amides is 1. The van der Waals surface area contributed by atoms with Crippen molar-refractivity contribution in [1.82, 2.24) is 10.2 Å². The molecule has 0 aliphatic heterocycles. The predicted molar refractivity (Wildman–Crippen MR) is 57.5 cm³/mol. The lowest BCUT2D eigenvalue weighted by Gasteiger charge is -2.00. The molecule has 0 radical (unpaired) electrons. The minimum Gasteiger partial charge on any atom is -0.364 e. The second kappa shape index (κ2) is 4.14. The maximum atomic E-state index is 13.7. The number of carbonyl (C=O) groups is 1. The highest BCUT2D eigenvalue weighted by Crippen LogP contribution is 2.29. The first-order valence-corrected chi connectivity index (χ1v) is 4.87. The molecule has 88 valence electrons. The molecule has 2 rings (SSSR count). The highest BCUT2D eigenvalue weighted by Gasteiger charge is 2.20. The van der Waals surface area contributed by atoms with Crippen LogP contribution in [0.4, 0.5) is 8.78 Å². The van der Waals surface area contributed by atoms with Crippen LogP contribution in [0.15, 0.2) is 18.2 Å². The number of rotatable bonds is 2. The summed E-state index contributed by atoms with van der Waals surface area (Å²) in [5.74, 6) is -2.43. The van der Waals surface area contributed by atoms with Gasteiger partial charge in [0.2, 0.25) is 0 Å². The molecule has 0 aliphatic carbocycles. The van der Waals surface area contributed by atoms with Crippen molar-refractivity contribution in [2.75, 3.05) is 0 Å². The van der Waals surface area contributed by atoms with Crippen LogP contribution in [0.25, 0.3) is 11.3 Å². The van der Waals surface area contributed by atoms with Crippen molar-refractivity contribution in [3.63, 3.8) is 0 Å². The lowest BCUT2D eigenvalue weighted by molar-refractivity contribution is 0.0992. The van der Waals surface area contributed by atoms with E-state index >= 15 is 0 Å². The normalized spacial score (nSPS) is 10.5. The Hall–Kier alpha value is -1.95. The summed E-state index contributed by atoms with van der Waals surface area (Å²) in [4.78, 5) is 10.8. The Labute approximate surface area is 99.4 Å². The zero-order valence-corrected chi connectivity index (χ0v) is 9.05. The number of nitrogens with one attached hydrogen (secondary N) is 1. The second-order valence-electron chi connectivity index (χ2n) is 3.25. The Morgan fingerprint density at radius 1 is 1.41 bits per heavy atom. The van der Waals surface area contributed by atoms with Crippen molar-refractivity contribution >= 4 is 17.5 Å². The molecular weight excluding hydrogens is 252 g/mol. The highest BCUT2D eigenvalue weighted by molar-refractivity contribution is 6.33. The van der Waals surface area contributed by atoms with E-state index in [0.29, 0.717) is 0 Å². The van der Waals surface area contributed by atoms with Gasteiger partial charge in [0.05, 0.1) is 5.02 Å². The van der Waals surface area contributed by atoms with E-state index in [1.807, 2.05) is 0 Å². The fourth-order valence-electron chi connectivity index (χ4n) is 1.35. The number of halogens is 3. The van der Waals surface area contributed by atoms with E-state index in [1.54, 1.807) is 0 Å². The molecule has 0 saturated heterocycles. The van der Waals surface area contributed by atoms with E-state index < -0.39 is 23.2 Å². The van der Waals surface area contributed by atoms with E-state index in [-0.39, 0.29) is 16.3 Å². The topological polar surface area (TPSA) is 71.8 Å². The summed E-state index contributed by atoms with van der Waals surface area (Å²) in [6, 6.07) is 3.40. The summed E-state index contributed by atoms with van der Waals surface area (Å²) in [5, 5.41) is 5.74. The van der Waals surface area contributed by atoms with E-state index in [1.165, 1.54) is 6.07 Å². The van der Waals surface area contributed by atoms with Gasteiger partial charge >= 0.3 is 0 Å². The number of primary amides is 1. The molecular formula is C10H6ClF2N3O. The number of benzene rings is 1. The molecule has 0 aliphatic rings. The van der Waals surface area contributed by atoms with Gasteiger partial charge in [-0.15, -0.1) is 0 Å². The summed E-state index contributed by atoms with van der Waals surface area (Å²) in [6.07, 6.45) is 0. The minimum atomic E-state index is -0.973. The number of hydrogen-bond donors (Lipinski definition) is 2.